The SMILES string of the molecule is CNC(=O)CC1(C(N)=O)CC(C)=NO1. The molecule has 1 aliphatic rings. The van der Waals surface area contributed by atoms with Crippen molar-refractivity contribution in [2.24, 2.45) is 10.9 Å². The molecule has 1 heterocycles. The number of nitrogens with two attached hydrogens (primary N) is 1. The van der Waals surface area contributed by atoms with Crippen LogP contribution in [0.15, 0.2) is 5.16 Å². The summed E-state index contributed by atoms with van der Waals surface area (Å²) in [6, 6.07) is 0. The van der Waals surface area contributed by atoms with Gasteiger partial charge in [-0.15, -0.1) is 0 Å². The summed E-state index contributed by atoms with van der Waals surface area (Å²) >= 11 is 0. The topological polar surface area (TPSA) is 93.8 Å². The average Bonchev–Trinajstić information content (AvgIpc) is 2.48. The normalized spacial score (nSPS) is 25.1. The molecule has 0 spiro atoms. The van der Waals surface area contributed by atoms with E-state index in [2.05, 4.69) is 10.5 Å². The van der Waals surface area contributed by atoms with Gasteiger partial charge < -0.3 is 15.9 Å². The molecule has 1 atom stereocenters. The van der Waals surface area contributed by atoms with Gasteiger partial charge in [-0.3, -0.25) is 9.59 Å². The maximum absolute atomic E-state index is 11.2. The van der Waals surface area contributed by atoms with Gasteiger partial charge in [-0.1, -0.05) is 5.16 Å². The van der Waals surface area contributed by atoms with Gasteiger partial charge >= 0.3 is 0 Å². The molecule has 1 unspecified atom stereocenters. The highest BCUT2D eigenvalue weighted by molar-refractivity contribution is 5.97. The predicted octanol–water partition coefficient (Wildman–Crippen LogP) is -0.857. The van der Waals surface area contributed by atoms with Crippen LogP contribution in [0.2, 0.25) is 0 Å². The van der Waals surface area contributed by atoms with Crippen molar-refractivity contribution in [1.82, 2.24) is 5.32 Å². The van der Waals surface area contributed by atoms with Gasteiger partial charge in [0.1, 0.15) is 0 Å². The number of oxime groups is 1. The number of amides is 2. The minimum absolute atomic E-state index is 0.0975. The molecule has 1 rings (SSSR count). The second kappa shape index (κ2) is 3.65. The molecule has 0 aromatic carbocycles. The molecule has 0 aromatic rings. The number of carbonyl (C=O) groups is 2. The summed E-state index contributed by atoms with van der Waals surface area (Å²) in [4.78, 5) is 27.2. The van der Waals surface area contributed by atoms with Crippen LogP contribution in [0.5, 0.6) is 0 Å². The number of carbonyl (C=O) groups excluding carboxylic acids is 2. The minimum Gasteiger partial charge on any atom is -0.378 e. The summed E-state index contributed by atoms with van der Waals surface area (Å²) in [7, 11) is 1.49. The molecule has 3 N–H and O–H groups in total. The molecule has 0 radical (unpaired) electrons. The van der Waals surface area contributed by atoms with E-state index in [0.29, 0.717) is 5.71 Å². The van der Waals surface area contributed by atoms with Crippen molar-refractivity contribution in [2.45, 2.75) is 25.4 Å². The smallest absolute Gasteiger partial charge is 0.265 e. The van der Waals surface area contributed by atoms with E-state index < -0.39 is 11.5 Å². The van der Waals surface area contributed by atoms with Crippen LogP contribution in [0.3, 0.4) is 0 Å². The van der Waals surface area contributed by atoms with Crippen LogP contribution in [0, 0.1) is 0 Å². The number of nitrogens with one attached hydrogen (secondary N) is 1. The van der Waals surface area contributed by atoms with Gasteiger partial charge in [0.2, 0.25) is 11.5 Å². The second-order valence-electron chi connectivity index (χ2n) is 3.30. The van der Waals surface area contributed by atoms with Crippen LogP contribution in [0.4, 0.5) is 0 Å². The lowest BCUT2D eigenvalue weighted by Crippen LogP contribution is -2.47. The summed E-state index contributed by atoms with van der Waals surface area (Å²) in [6.07, 6.45) is 0.176. The molecule has 0 bridgehead atoms. The second-order valence-corrected chi connectivity index (χ2v) is 3.30. The highest BCUT2D eigenvalue weighted by atomic mass is 16.7. The first-order valence-corrected chi connectivity index (χ1v) is 4.22. The van der Waals surface area contributed by atoms with Crippen molar-refractivity contribution < 1.29 is 14.4 Å². The fraction of sp³-hybridized carbons (Fsp3) is 0.625. The largest absolute Gasteiger partial charge is 0.378 e. The lowest BCUT2D eigenvalue weighted by molar-refractivity contribution is -0.146. The predicted molar refractivity (Wildman–Crippen MR) is 49.4 cm³/mol. The molecule has 78 valence electrons. The van der Waals surface area contributed by atoms with Crippen LogP contribution < -0.4 is 11.1 Å². The first-order chi connectivity index (χ1) is 6.50. The summed E-state index contributed by atoms with van der Waals surface area (Å²) in [6.45, 7) is 1.72. The Morgan fingerprint density at radius 3 is 2.71 bits per heavy atom. The van der Waals surface area contributed by atoms with Crippen LogP contribution in [-0.2, 0) is 14.4 Å². The van der Waals surface area contributed by atoms with Crippen molar-refractivity contribution in [2.75, 3.05) is 7.05 Å². The number of rotatable bonds is 3. The van der Waals surface area contributed by atoms with E-state index in [9.17, 15) is 9.59 Å². The monoisotopic (exact) mass is 199 g/mol. The van der Waals surface area contributed by atoms with E-state index in [1.54, 1.807) is 6.92 Å². The number of hydrogen-bond acceptors (Lipinski definition) is 4. The van der Waals surface area contributed by atoms with E-state index in [1.165, 1.54) is 7.05 Å². The Morgan fingerprint density at radius 1 is 1.71 bits per heavy atom. The van der Waals surface area contributed by atoms with Gasteiger partial charge in [-0.2, -0.15) is 0 Å². The first kappa shape index (κ1) is 10.5. The van der Waals surface area contributed by atoms with Crippen molar-refractivity contribution in [1.29, 1.82) is 0 Å². The number of hydrogen-bond donors (Lipinski definition) is 2. The van der Waals surface area contributed by atoms with Crippen molar-refractivity contribution in [3.05, 3.63) is 0 Å². The van der Waals surface area contributed by atoms with Gasteiger partial charge in [-0.25, -0.2) is 0 Å². The highest BCUT2D eigenvalue weighted by Gasteiger charge is 2.45. The Bertz CT molecular complexity index is 300. The van der Waals surface area contributed by atoms with Crippen LogP contribution in [-0.4, -0.2) is 30.2 Å². The average molecular weight is 199 g/mol. The molecular formula is C8H13N3O3. The van der Waals surface area contributed by atoms with E-state index >= 15 is 0 Å². The zero-order valence-corrected chi connectivity index (χ0v) is 8.16. The zero-order valence-electron chi connectivity index (χ0n) is 8.16. The Labute approximate surface area is 81.5 Å². The summed E-state index contributed by atoms with van der Waals surface area (Å²) in [5.41, 5.74) is 4.55. The van der Waals surface area contributed by atoms with Gasteiger partial charge in [0.05, 0.1) is 12.1 Å². The minimum atomic E-state index is -1.29. The van der Waals surface area contributed by atoms with Crippen molar-refractivity contribution >= 4 is 17.5 Å². The molecule has 6 nitrogen and oxygen atoms in total. The van der Waals surface area contributed by atoms with E-state index in [0.717, 1.165) is 0 Å². The third-order valence-corrected chi connectivity index (χ3v) is 2.09. The Morgan fingerprint density at radius 2 is 2.36 bits per heavy atom. The molecule has 0 aromatic heterocycles. The Hall–Kier alpha value is -1.59. The fourth-order valence-electron chi connectivity index (χ4n) is 1.30. The Balaban J connectivity index is 2.76. The first-order valence-electron chi connectivity index (χ1n) is 4.22. The fourth-order valence-corrected chi connectivity index (χ4v) is 1.30. The van der Waals surface area contributed by atoms with Gasteiger partial charge in [0.25, 0.3) is 5.91 Å². The van der Waals surface area contributed by atoms with Crippen LogP contribution in [0.25, 0.3) is 0 Å². The highest BCUT2D eigenvalue weighted by Crippen LogP contribution is 2.27. The van der Waals surface area contributed by atoms with Gasteiger partial charge in [-0.05, 0) is 6.92 Å². The molecule has 2 amide bonds. The third-order valence-electron chi connectivity index (χ3n) is 2.09. The summed E-state index contributed by atoms with van der Waals surface area (Å²) in [5, 5.41) is 6.04. The molecule has 14 heavy (non-hydrogen) atoms. The zero-order chi connectivity index (χ0) is 10.8. The molecule has 0 saturated carbocycles. The van der Waals surface area contributed by atoms with Gasteiger partial charge in [0.15, 0.2) is 0 Å². The van der Waals surface area contributed by atoms with E-state index in [-0.39, 0.29) is 18.7 Å². The molecule has 0 fully saturated rings. The molecular weight excluding hydrogens is 186 g/mol. The molecule has 0 aliphatic carbocycles. The third kappa shape index (κ3) is 1.84. The van der Waals surface area contributed by atoms with E-state index in [4.69, 9.17) is 10.6 Å². The lowest BCUT2D eigenvalue weighted by atomic mass is 9.93. The maximum atomic E-state index is 11.2. The summed E-state index contributed by atoms with van der Waals surface area (Å²) < 4.78 is 0. The standard InChI is InChI=1S/C8H13N3O3/c1-5-3-8(7(9)13,14-11-5)4-6(12)10-2/h3-4H2,1-2H3,(H2,9,13)(H,10,12). The van der Waals surface area contributed by atoms with Crippen molar-refractivity contribution in [3.63, 3.8) is 0 Å². The lowest BCUT2D eigenvalue weighted by Gasteiger charge is -2.21. The quantitative estimate of drug-likeness (QED) is 0.619. The van der Waals surface area contributed by atoms with Crippen LogP contribution >= 0.6 is 0 Å². The maximum Gasteiger partial charge on any atom is 0.265 e. The number of nitrogens with zero attached hydrogens (tertiary/aromatic N) is 1. The van der Waals surface area contributed by atoms with Crippen LogP contribution in [0.1, 0.15) is 19.8 Å². The molecule has 0 saturated heterocycles. The summed E-state index contributed by atoms with van der Waals surface area (Å²) in [5.74, 6) is -0.963. The number of primary amides is 1. The van der Waals surface area contributed by atoms with Crippen molar-refractivity contribution in [3.8, 4) is 0 Å². The molecule has 1 aliphatic heterocycles. The Kier molecular flexibility index (Phi) is 2.73. The van der Waals surface area contributed by atoms with E-state index in [1.807, 2.05) is 0 Å². The van der Waals surface area contributed by atoms with Gasteiger partial charge in [0, 0.05) is 13.5 Å². The molecule has 6 heteroatoms.